The maximum absolute atomic E-state index is 5.68. The molecule has 0 bridgehead atoms. The second kappa shape index (κ2) is 6.39. The van der Waals surface area contributed by atoms with E-state index in [0.717, 1.165) is 29.4 Å². The number of ether oxygens (including phenoxy) is 4. The molecule has 0 amide bonds. The van der Waals surface area contributed by atoms with Gasteiger partial charge in [0.1, 0.15) is 11.5 Å². The van der Waals surface area contributed by atoms with E-state index in [9.17, 15) is 0 Å². The van der Waals surface area contributed by atoms with Gasteiger partial charge in [-0.25, -0.2) is 0 Å². The van der Waals surface area contributed by atoms with Crippen LogP contribution in [0.4, 0.5) is 0 Å². The summed E-state index contributed by atoms with van der Waals surface area (Å²) in [5.41, 5.74) is 1.20. The monoisotopic (exact) mass is 286 g/mol. The van der Waals surface area contributed by atoms with E-state index in [1.165, 1.54) is 5.56 Å². The average Bonchev–Trinajstić information content (AvgIpc) is 2.94. The van der Waals surface area contributed by atoms with E-state index in [-0.39, 0.29) is 6.79 Å². The summed E-state index contributed by atoms with van der Waals surface area (Å²) >= 11 is 0. The normalized spacial score (nSPS) is 12.2. The Morgan fingerprint density at radius 2 is 1.67 bits per heavy atom. The highest BCUT2D eigenvalue weighted by molar-refractivity contribution is 5.46. The highest BCUT2D eigenvalue weighted by Crippen LogP contribution is 2.35. The Hall–Kier alpha value is -2.36. The summed E-state index contributed by atoms with van der Waals surface area (Å²) in [6.07, 6.45) is 0.822. The molecule has 0 fully saturated rings. The first-order valence-electron chi connectivity index (χ1n) is 7.03. The van der Waals surface area contributed by atoms with E-state index in [1.54, 1.807) is 0 Å². The van der Waals surface area contributed by atoms with E-state index in [4.69, 9.17) is 18.9 Å². The molecule has 0 N–H and O–H groups in total. The molecule has 0 unspecified atom stereocenters. The number of hydrogen-bond acceptors (Lipinski definition) is 4. The van der Waals surface area contributed by atoms with E-state index < -0.39 is 0 Å². The number of rotatable bonds is 6. The van der Waals surface area contributed by atoms with Crippen molar-refractivity contribution in [2.45, 2.75) is 13.3 Å². The van der Waals surface area contributed by atoms with E-state index in [0.29, 0.717) is 13.2 Å². The van der Waals surface area contributed by atoms with Crippen LogP contribution in [-0.2, 0) is 0 Å². The van der Waals surface area contributed by atoms with Crippen molar-refractivity contribution in [3.05, 3.63) is 48.0 Å². The quantitative estimate of drug-likeness (QED) is 0.761. The van der Waals surface area contributed by atoms with Gasteiger partial charge in [-0.1, -0.05) is 12.1 Å². The molecule has 0 spiro atoms. The van der Waals surface area contributed by atoms with Crippen molar-refractivity contribution in [2.75, 3.05) is 20.0 Å². The Morgan fingerprint density at radius 1 is 0.905 bits per heavy atom. The lowest BCUT2D eigenvalue weighted by Gasteiger charge is -2.09. The zero-order valence-corrected chi connectivity index (χ0v) is 12.0. The summed E-state index contributed by atoms with van der Waals surface area (Å²) in [6.45, 7) is 3.57. The molecule has 1 aliphatic heterocycles. The minimum Gasteiger partial charge on any atom is -0.493 e. The van der Waals surface area contributed by atoms with Gasteiger partial charge in [-0.2, -0.15) is 0 Å². The summed E-state index contributed by atoms with van der Waals surface area (Å²) in [7, 11) is 0. The van der Waals surface area contributed by atoms with Gasteiger partial charge in [-0.15, -0.1) is 0 Å². The van der Waals surface area contributed by atoms with Crippen LogP contribution in [0.5, 0.6) is 23.0 Å². The first-order chi connectivity index (χ1) is 10.3. The summed E-state index contributed by atoms with van der Waals surface area (Å²) in [6, 6.07) is 13.6. The number of aryl methyl sites for hydroxylation is 1. The highest BCUT2D eigenvalue weighted by atomic mass is 16.7. The van der Waals surface area contributed by atoms with Crippen LogP contribution in [0, 0.1) is 6.92 Å². The molecule has 0 radical (unpaired) electrons. The lowest BCUT2D eigenvalue weighted by molar-refractivity contribution is 0.173. The summed E-state index contributed by atoms with van der Waals surface area (Å²) in [5.74, 6) is 3.20. The van der Waals surface area contributed by atoms with Gasteiger partial charge in [-0.3, -0.25) is 0 Å². The van der Waals surface area contributed by atoms with E-state index >= 15 is 0 Å². The Morgan fingerprint density at radius 3 is 2.48 bits per heavy atom. The highest BCUT2D eigenvalue weighted by Gasteiger charge is 2.13. The molecule has 21 heavy (non-hydrogen) atoms. The molecule has 110 valence electrons. The van der Waals surface area contributed by atoms with Crippen LogP contribution in [0.3, 0.4) is 0 Å². The lowest BCUT2D eigenvalue weighted by Crippen LogP contribution is -2.05. The third-order valence-electron chi connectivity index (χ3n) is 3.16. The van der Waals surface area contributed by atoms with Gasteiger partial charge in [-0.05, 0) is 36.8 Å². The minimum absolute atomic E-state index is 0.281. The standard InChI is InChI=1S/C17H18O4/c1-13-4-2-5-14(10-13)18-8-3-9-19-15-6-7-16-17(11-15)21-12-20-16/h2,4-7,10-11H,3,8-9,12H2,1H3. The van der Waals surface area contributed by atoms with Gasteiger partial charge in [0.15, 0.2) is 11.5 Å². The van der Waals surface area contributed by atoms with E-state index in [2.05, 4.69) is 13.0 Å². The molecule has 4 heteroatoms. The fraction of sp³-hybridized carbons (Fsp3) is 0.294. The molecule has 0 aromatic heterocycles. The maximum atomic E-state index is 5.68. The number of fused-ring (bicyclic) bond motifs is 1. The zero-order chi connectivity index (χ0) is 14.5. The van der Waals surface area contributed by atoms with Gasteiger partial charge in [0.2, 0.25) is 6.79 Å². The number of hydrogen-bond donors (Lipinski definition) is 0. The molecule has 2 aromatic rings. The Labute approximate surface area is 124 Å². The second-order valence-electron chi connectivity index (χ2n) is 4.88. The lowest BCUT2D eigenvalue weighted by atomic mass is 10.2. The Balaban J connectivity index is 1.40. The van der Waals surface area contributed by atoms with Crippen molar-refractivity contribution in [1.29, 1.82) is 0 Å². The maximum Gasteiger partial charge on any atom is 0.231 e. The van der Waals surface area contributed by atoms with Gasteiger partial charge in [0.05, 0.1) is 13.2 Å². The van der Waals surface area contributed by atoms with Crippen molar-refractivity contribution in [1.82, 2.24) is 0 Å². The second-order valence-corrected chi connectivity index (χ2v) is 4.88. The fourth-order valence-corrected chi connectivity index (χ4v) is 2.11. The molecule has 0 saturated carbocycles. The fourth-order valence-electron chi connectivity index (χ4n) is 2.11. The van der Waals surface area contributed by atoms with Crippen LogP contribution in [0.15, 0.2) is 42.5 Å². The van der Waals surface area contributed by atoms with Crippen LogP contribution in [0.25, 0.3) is 0 Å². The summed E-state index contributed by atoms with van der Waals surface area (Å²) in [5, 5.41) is 0. The predicted octanol–water partition coefficient (Wildman–Crippen LogP) is 3.57. The van der Waals surface area contributed by atoms with Crippen molar-refractivity contribution < 1.29 is 18.9 Å². The van der Waals surface area contributed by atoms with E-state index in [1.807, 2.05) is 36.4 Å². The first kappa shape index (κ1) is 13.6. The molecule has 1 heterocycles. The first-order valence-corrected chi connectivity index (χ1v) is 7.03. The molecular weight excluding hydrogens is 268 g/mol. The van der Waals surface area contributed by atoms with Crippen molar-refractivity contribution in [2.24, 2.45) is 0 Å². The summed E-state index contributed by atoms with van der Waals surface area (Å²) < 4.78 is 21.9. The van der Waals surface area contributed by atoms with Gasteiger partial charge < -0.3 is 18.9 Å². The average molecular weight is 286 g/mol. The van der Waals surface area contributed by atoms with Crippen LogP contribution in [-0.4, -0.2) is 20.0 Å². The third kappa shape index (κ3) is 3.60. The van der Waals surface area contributed by atoms with Gasteiger partial charge >= 0.3 is 0 Å². The Bertz CT molecular complexity index is 609. The molecule has 0 atom stereocenters. The van der Waals surface area contributed by atoms with Crippen molar-refractivity contribution in [3.8, 4) is 23.0 Å². The molecule has 0 aliphatic carbocycles. The third-order valence-corrected chi connectivity index (χ3v) is 3.16. The Kier molecular flexibility index (Phi) is 4.15. The molecule has 0 saturated heterocycles. The molecule has 1 aliphatic rings. The van der Waals surface area contributed by atoms with Crippen LogP contribution >= 0.6 is 0 Å². The zero-order valence-electron chi connectivity index (χ0n) is 12.0. The molecule has 2 aromatic carbocycles. The SMILES string of the molecule is Cc1cccc(OCCCOc2ccc3c(c2)OCO3)c1. The summed E-state index contributed by atoms with van der Waals surface area (Å²) in [4.78, 5) is 0. The topological polar surface area (TPSA) is 36.9 Å². The number of benzene rings is 2. The minimum atomic E-state index is 0.281. The van der Waals surface area contributed by atoms with Gasteiger partial charge in [0.25, 0.3) is 0 Å². The van der Waals surface area contributed by atoms with Gasteiger partial charge in [0, 0.05) is 12.5 Å². The molecular formula is C17H18O4. The van der Waals surface area contributed by atoms with Crippen LogP contribution in [0.1, 0.15) is 12.0 Å². The van der Waals surface area contributed by atoms with Crippen LogP contribution < -0.4 is 18.9 Å². The van der Waals surface area contributed by atoms with Crippen LogP contribution in [0.2, 0.25) is 0 Å². The van der Waals surface area contributed by atoms with Crippen molar-refractivity contribution in [3.63, 3.8) is 0 Å². The van der Waals surface area contributed by atoms with Crippen molar-refractivity contribution >= 4 is 0 Å². The molecule has 3 rings (SSSR count). The largest absolute Gasteiger partial charge is 0.493 e. The smallest absolute Gasteiger partial charge is 0.231 e. The molecule has 4 nitrogen and oxygen atoms in total. The predicted molar refractivity (Wildman–Crippen MR) is 79.4 cm³/mol.